The van der Waals surface area contributed by atoms with E-state index in [1.54, 1.807) is 13.8 Å². The Bertz CT molecular complexity index is 790. The van der Waals surface area contributed by atoms with Gasteiger partial charge in [0.15, 0.2) is 0 Å². The van der Waals surface area contributed by atoms with Crippen molar-refractivity contribution in [2.75, 3.05) is 5.32 Å². The topological polar surface area (TPSA) is 55.4 Å². The van der Waals surface area contributed by atoms with Crippen LogP contribution in [0.25, 0.3) is 0 Å². The van der Waals surface area contributed by atoms with Crippen molar-refractivity contribution < 1.29 is 18.7 Å². The number of nitrogens with one attached hydrogen (secondary N) is 1. The van der Waals surface area contributed by atoms with Gasteiger partial charge in [-0.1, -0.05) is 30.3 Å². The maximum Gasteiger partial charge on any atom is 0.321 e. The highest BCUT2D eigenvalue weighted by Gasteiger charge is 2.58. The van der Waals surface area contributed by atoms with Crippen molar-refractivity contribution in [2.45, 2.75) is 33.3 Å². The van der Waals surface area contributed by atoms with Crippen molar-refractivity contribution in [2.24, 2.45) is 5.41 Å². The number of amides is 1. The molecule has 1 aliphatic rings. The third kappa shape index (κ3) is 3.55. The molecule has 2 aromatic rings. The molecular weight excluding hydrogens is 321 g/mol. The van der Waals surface area contributed by atoms with Gasteiger partial charge in [0.25, 0.3) is 0 Å². The Kier molecular flexibility index (Phi) is 4.57. The number of anilines is 1. The van der Waals surface area contributed by atoms with E-state index in [2.05, 4.69) is 5.32 Å². The molecule has 0 aliphatic heterocycles. The summed E-state index contributed by atoms with van der Waals surface area (Å²) in [5, 5.41) is 2.78. The SMILES string of the molecule is Cc1cc(F)cc(C)c1NC(=O)C1(C(=O)OCc2ccccc2)CC1. The average molecular weight is 341 g/mol. The second kappa shape index (κ2) is 6.67. The average Bonchev–Trinajstić information content (AvgIpc) is 3.38. The summed E-state index contributed by atoms with van der Waals surface area (Å²) in [4.78, 5) is 25.0. The summed E-state index contributed by atoms with van der Waals surface area (Å²) in [6.45, 7) is 3.58. The second-order valence-corrected chi connectivity index (χ2v) is 6.51. The van der Waals surface area contributed by atoms with Crippen LogP contribution in [0.5, 0.6) is 0 Å². The number of halogens is 1. The van der Waals surface area contributed by atoms with Crippen molar-refractivity contribution in [3.05, 3.63) is 65.0 Å². The van der Waals surface area contributed by atoms with Gasteiger partial charge in [0.1, 0.15) is 17.8 Å². The van der Waals surface area contributed by atoms with E-state index in [9.17, 15) is 14.0 Å². The number of aryl methyl sites for hydroxylation is 2. The van der Waals surface area contributed by atoms with Crippen molar-refractivity contribution in [3.63, 3.8) is 0 Å². The van der Waals surface area contributed by atoms with Crippen LogP contribution in [0.15, 0.2) is 42.5 Å². The normalized spacial score (nSPS) is 14.7. The van der Waals surface area contributed by atoms with Crippen molar-refractivity contribution >= 4 is 17.6 Å². The molecule has 0 atom stereocenters. The van der Waals surface area contributed by atoms with Gasteiger partial charge in [-0.3, -0.25) is 9.59 Å². The van der Waals surface area contributed by atoms with E-state index in [1.165, 1.54) is 12.1 Å². The Morgan fingerprint density at radius 1 is 1.12 bits per heavy atom. The molecule has 0 aromatic heterocycles. The first-order valence-electron chi connectivity index (χ1n) is 8.22. The van der Waals surface area contributed by atoms with Gasteiger partial charge in [0.05, 0.1) is 0 Å². The number of esters is 1. The first-order chi connectivity index (χ1) is 11.9. The summed E-state index contributed by atoms with van der Waals surface area (Å²) in [6, 6.07) is 12.0. The fourth-order valence-electron chi connectivity index (χ4n) is 2.85. The predicted octanol–water partition coefficient (Wildman–Crippen LogP) is 3.90. The number of carbonyl (C=O) groups excluding carboxylic acids is 2. The molecule has 1 fully saturated rings. The molecule has 0 bridgehead atoms. The molecule has 130 valence electrons. The predicted molar refractivity (Wildman–Crippen MR) is 92.4 cm³/mol. The summed E-state index contributed by atoms with van der Waals surface area (Å²) in [6.07, 6.45) is 0.928. The zero-order valence-corrected chi connectivity index (χ0v) is 14.3. The molecule has 0 saturated heterocycles. The third-order valence-electron chi connectivity index (χ3n) is 4.52. The van der Waals surface area contributed by atoms with Gasteiger partial charge in [-0.15, -0.1) is 0 Å². The first-order valence-corrected chi connectivity index (χ1v) is 8.22. The minimum Gasteiger partial charge on any atom is -0.460 e. The largest absolute Gasteiger partial charge is 0.460 e. The van der Waals surface area contributed by atoms with Crippen LogP contribution in [0.4, 0.5) is 10.1 Å². The highest BCUT2D eigenvalue weighted by molar-refractivity contribution is 6.11. The third-order valence-corrected chi connectivity index (χ3v) is 4.52. The molecule has 0 radical (unpaired) electrons. The number of ether oxygens (including phenoxy) is 1. The molecule has 4 nitrogen and oxygen atoms in total. The quantitative estimate of drug-likeness (QED) is 0.663. The molecule has 1 N–H and O–H groups in total. The van der Waals surface area contributed by atoms with E-state index in [4.69, 9.17) is 4.74 Å². The van der Waals surface area contributed by atoms with Gasteiger partial charge in [-0.2, -0.15) is 0 Å². The van der Waals surface area contributed by atoms with Crippen LogP contribution in [0.1, 0.15) is 29.5 Å². The van der Waals surface area contributed by atoms with Gasteiger partial charge in [0, 0.05) is 5.69 Å². The van der Waals surface area contributed by atoms with E-state index in [0.29, 0.717) is 29.7 Å². The highest BCUT2D eigenvalue weighted by atomic mass is 19.1. The molecule has 1 amide bonds. The lowest BCUT2D eigenvalue weighted by Gasteiger charge is -2.17. The van der Waals surface area contributed by atoms with Crippen LogP contribution in [0.2, 0.25) is 0 Å². The summed E-state index contributed by atoms with van der Waals surface area (Å²) in [5.41, 5.74) is 1.55. The van der Waals surface area contributed by atoms with Crippen LogP contribution in [0.3, 0.4) is 0 Å². The Morgan fingerprint density at radius 2 is 1.72 bits per heavy atom. The Labute approximate surface area is 146 Å². The summed E-state index contributed by atoms with van der Waals surface area (Å²) < 4.78 is 18.7. The smallest absolute Gasteiger partial charge is 0.321 e. The maximum absolute atomic E-state index is 13.4. The lowest BCUT2D eigenvalue weighted by Crippen LogP contribution is -2.33. The number of rotatable bonds is 5. The molecule has 1 saturated carbocycles. The molecule has 2 aromatic carbocycles. The van der Waals surface area contributed by atoms with E-state index in [0.717, 1.165) is 5.56 Å². The fourth-order valence-corrected chi connectivity index (χ4v) is 2.85. The van der Waals surface area contributed by atoms with Crippen LogP contribution < -0.4 is 5.32 Å². The van der Waals surface area contributed by atoms with Crippen LogP contribution >= 0.6 is 0 Å². The Morgan fingerprint density at radius 3 is 2.28 bits per heavy atom. The van der Waals surface area contributed by atoms with Crippen LogP contribution in [-0.4, -0.2) is 11.9 Å². The molecule has 0 heterocycles. The van der Waals surface area contributed by atoms with Crippen molar-refractivity contribution in [3.8, 4) is 0 Å². The van der Waals surface area contributed by atoms with Crippen LogP contribution in [-0.2, 0) is 20.9 Å². The first kappa shape index (κ1) is 17.1. The molecule has 0 unspecified atom stereocenters. The summed E-state index contributed by atoms with van der Waals surface area (Å²) in [7, 11) is 0. The van der Waals surface area contributed by atoms with E-state index >= 15 is 0 Å². The zero-order chi connectivity index (χ0) is 18.0. The maximum atomic E-state index is 13.4. The molecule has 5 heteroatoms. The lowest BCUT2D eigenvalue weighted by molar-refractivity contribution is -0.154. The minimum atomic E-state index is -1.12. The number of hydrogen-bond donors (Lipinski definition) is 1. The summed E-state index contributed by atoms with van der Waals surface area (Å²) in [5.74, 6) is -1.24. The van der Waals surface area contributed by atoms with Crippen LogP contribution in [0, 0.1) is 25.1 Å². The van der Waals surface area contributed by atoms with Gasteiger partial charge in [-0.25, -0.2) is 4.39 Å². The standard InChI is InChI=1S/C20H20FNO3/c1-13-10-16(21)11-14(2)17(13)22-18(23)20(8-9-20)19(24)25-12-15-6-4-3-5-7-15/h3-7,10-11H,8-9,12H2,1-2H3,(H,22,23). The monoisotopic (exact) mass is 341 g/mol. The zero-order valence-electron chi connectivity index (χ0n) is 14.3. The highest BCUT2D eigenvalue weighted by Crippen LogP contribution is 2.48. The van der Waals surface area contributed by atoms with Gasteiger partial charge in [-0.05, 0) is 55.5 Å². The minimum absolute atomic E-state index is 0.142. The van der Waals surface area contributed by atoms with E-state index in [-0.39, 0.29) is 18.3 Å². The number of hydrogen-bond acceptors (Lipinski definition) is 3. The van der Waals surface area contributed by atoms with Crippen molar-refractivity contribution in [1.29, 1.82) is 0 Å². The van der Waals surface area contributed by atoms with Gasteiger partial charge >= 0.3 is 5.97 Å². The molecule has 3 rings (SSSR count). The Hall–Kier alpha value is -2.69. The second-order valence-electron chi connectivity index (χ2n) is 6.51. The summed E-state index contributed by atoms with van der Waals surface area (Å²) >= 11 is 0. The molecular formula is C20H20FNO3. The number of benzene rings is 2. The van der Waals surface area contributed by atoms with E-state index in [1.807, 2.05) is 30.3 Å². The van der Waals surface area contributed by atoms with Gasteiger partial charge in [0.2, 0.25) is 5.91 Å². The molecule has 25 heavy (non-hydrogen) atoms. The van der Waals surface area contributed by atoms with E-state index < -0.39 is 11.4 Å². The number of carbonyl (C=O) groups is 2. The molecule has 1 aliphatic carbocycles. The van der Waals surface area contributed by atoms with Gasteiger partial charge < -0.3 is 10.1 Å². The molecule has 0 spiro atoms. The Balaban J connectivity index is 1.68. The van der Waals surface area contributed by atoms with Crippen molar-refractivity contribution in [1.82, 2.24) is 0 Å². The fraction of sp³-hybridized carbons (Fsp3) is 0.300. The lowest BCUT2D eigenvalue weighted by atomic mass is 10.0.